The fourth-order valence-electron chi connectivity index (χ4n) is 12.8. The van der Waals surface area contributed by atoms with Crippen LogP contribution in [-0.4, -0.2) is 62.3 Å². The smallest absolute Gasteiger partial charge is 0.307 e. The number of halogens is 1. The quantitative estimate of drug-likeness (QED) is 0.255. The van der Waals surface area contributed by atoms with Crippen molar-refractivity contribution in [1.82, 2.24) is 19.7 Å². The molecule has 0 aromatic carbocycles. The van der Waals surface area contributed by atoms with E-state index in [0.717, 1.165) is 44.1 Å². The van der Waals surface area contributed by atoms with Gasteiger partial charge < -0.3 is 20.3 Å². The molecule has 10 heteroatoms. The Morgan fingerprint density at radius 2 is 1.83 bits per heavy atom. The zero-order chi connectivity index (χ0) is 39.4. The van der Waals surface area contributed by atoms with Gasteiger partial charge in [0.2, 0.25) is 0 Å². The van der Waals surface area contributed by atoms with Gasteiger partial charge in [-0.05, 0) is 96.8 Å². The average molecular weight is 764 g/mol. The summed E-state index contributed by atoms with van der Waals surface area (Å²) in [4.78, 5) is 22.6. The van der Waals surface area contributed by atoms with Crippen LogP contribution in [0.3, 0.4) is 0 Å². The van der Waals surface area contributed by atoms with E-state index < -0.39 is 17.4 Å². The number of carboxylic acid groups (broad SMARTS) is 1. The Hall–Kier alpha value is -2.33. The van der Waals surface area contributed by atoms with Crippen LogP contribution in [0.15, 0.2) is 36.4 Å². The number of aromatic nitrogens is 4. The fourth-order valence-corrected chi connectivity index (χ4v) is 13.0. The lowest BCUT2D eigenvalue weighted by Crippen LogP contribution is -2.69. The third kappa shape index (κ3) is 5.54. The number of pyridine rings is 1. The molecule has 0 radical (unpaired) electrons. The molecule has 0 amide bonds. The molecular weight excluding hydrogens is 698 g/mol. The van der Waals surface area contributed by atoms with Gasteiger partial charge >= 0.3 is 5.97 Å². The highest BCUT2D eigenvalue weighted by Crippen LogP contribution is 2.75. The molecule has 1 saturated heterocycles. The lowest BCUT2D eigenvalue weighted by Gasteiger charge is -2.71. The highest BCUT2D eigenvalue weighted by molar-refractivity contribution is 6.33. The minimum absolute atomic E-state index is 0.177. The molecule has 54 heavy (non-hydrogen) atoms. The van der Waals surface area contributed by atoms with E-state index in [9.17, 15) is 9.90 Å². The molecule has 2 aromatic heterocycles. The summed E-state index contributed by atoms with van der Waals surface area (Å²) in [6.45, 7) is 26.4. The highest BCUT2D eigenvalue weighted by atomic mass is 35.5. The Morgan fingerprint density at radius 1 is 1.11 bits per heavy atom. The molecular formula is C44H66ClN5O4. The SMILES string of the molecule is CC(C)[C@@H](C)[C@@]1(C)CC[C@]2(C)[C@H]3CC[C@@H]4C5(COC[C@]4(C)[C@@H](OC[C@](C)(N)C(C)(C)C)[C@H](n4ncnc4-c4ccncc4Cl)C5)C3=CC[C@@]2(C)[C@@H]1C(=O)O. The maximum Gasteiger partial charge on any atom is 0.307 e. The van der Waals surface area contributed by atoms with Crippen LogP contribution < -0.4 is 5.73 Å². The number of rotatable bonds is 8. The number of ether oxygens (including phenoxy) is 2. The van der Waals surface area contributed by atoms with Gasteiger partial charge in [0, 0.05) is 34.3 Å². The number of hydrogen-bond donors (Lipinski definition) is 2. The van der Waals surface area contributed by atoms with Crippen LogP contribution in [-0.2, 0) is 14.3 Å². The molecule has 3 heterocycles. The van der Waals surface area contributed by atoms with Gasteiger partial charge in [-0.1, -0.05) is 92.5 Å². The van der Waals surface area contributed by atoms with Crippen molar-refractivity contribution in [3.05, 3.63) is 41.5 Å². The summed E-state index contributed by atoms with van der Waals surface area (Å²) in [6.07, 6.45) is 12.8. The van der Waals surface area contributed by atoms with Crippen molar-refractivity contribution >= 4 is 17.6 Å². The van der Waals surface area contributed by atoms with Gasteiger partial charge in [-0.25, -0.2) is 9.67 Å². The van der Waals surface area contributed by atoms with Crippen LogP contribution in [0.1, 0.15) is 121 Å². The van der Waals surface area contributed by atoms with Crippen molar-refractivity contribution in [3.63, 3.8) is 0 Å². The molecule has 5 aliphatic rings. The van der Waals surface area contributed by atoms with Gasteiger partial charge in [0.25, 0.3) is 0 Å². The van der Waals surface area contributed by atoms with Crippen LogP contribution >= 0.6 is 11.6 Å². The van der Waals surface area contributed by atoms with Crippen LogP contribution in [0.5, 0.6) is 0 Å². The van der Waals surface area contributed by atoms with E-state index in [1.54, 1.807) is 18.7 Å². The Bertz CT molecular complexity index is 1800. The lowest BCUT2D eigenvalue weighted by atomic mass is 9.34. The number of nitrogens with two attached hydrogens (primary N) is 1. The van der Waals surface area contributed by atoms with Gasteiger partial charge in [-0.3, -0.25) is 9.78 Å². The zero-order valence-corrected chi connectivity index (χ0v) is 35.5. The first-order chi connectivity index (χ1) is 25.1. The first-order valence-corrected chi connectivity index (χ1v) is 20.9. The van der Waals surface area contributed by atoms with Gasteiger partial charge in [-0.2, -0.15) is 5.10 Å². The van der Waals surface area contributed by atoms with E-state index in [1.165, 1.54) is 5.57 Å². The van der Waals surface area contributed by atoms with E-state index >= 15 is 0 Å². The fraction of sp³-hybridized carbons (Fsp3) is 0.773. The Kier molecular flexibility index (Phi) is 9.68. The van der Waals surface area contributed by atoms with Crippen molar-refractivity contribution in [1.29, 1.82) is 0 Å². The molecule has 9 nitrogen and oxygen atoms in total. The van der Waals surface area contributed by atoms with Crippen molar-refractivity contribution < 1.29 is 19.4 Å². The normalized spacial score (nSPS) is 40.9. The molecule has 0 spiro atoms. The van der Waals surface area contributed by atoms with Crippen molar-refractivity contribution in [2.75, 3.05) is 19.8 Å². The predicted molar refractivity (Wildman–Crippen MR) is 213 cm³/mol. The summed E-state index contributed by atoms with van der Waals surface area (Å²) in [6, 6.07) is 1.73. The molecule has 4 fully saturated rings. The molecule has 4 aliphatic carbocycles. The van der Waals surface area contributed by atoms with Gasteiger partial charge in [0.15, 0.2) is 5.82 Å². The number of hydrogen-bond acceptors (Lipinski definition) is 7. The summed E-state index contributed by atoms with van der Waals surface area (Å²) in [7, 11) is 0. The molecule has 298 valence electrons. The summed E-state index contributed by atoms with van der Waals surface area (Å²) in [5, 5.41) is 16.6. The lowest BCUT2D eigenvalue weighted by molar-refractivity contribution is -0.253. The molecule has 1 unspecified atom stereocenters. The molecule has 3 saturated carbocycles. The summed E-state index contributed by atoms with van der Waals surface area (Å²) >= 11 is 6.78. The Labute approximate surface area is 328 Å². The third-order valence-corrected chi connectivity index (χ3v) is 17.6. The van der Waals surface area contributed by atoms with Gasteiger partial charge in [-0.15, -0.1) is 0 Å². The van der Waals surface area contributed by atoms with E-state index in [0.29, 0.717) is 48.4 Å². The third-order valence-electron chi connectivity index (χ3n) is 17.3. The minimum atomic E-state index is -0.635. The predicted octanol–water partition coefficient (Wildman–Crippen LogP) is 9.27. The van der Waals surface area contributed by atoms with Crippen molar-refractivity contribution in [2.45, 2.75) is 132 Å². The van der Waals surface area contributed by atoms with E-state index in [4.69, 9.17) is 36.9 Å². The largest absolute Gasteiger partial charge is 0.481 e. The van der Waals surface area contributed by atoms with Crippen LogP contribution in [0, 0.1) is 62.1 Å². The number of allylic oxidation sites excluding steroid dienone is 1. The summed E-state index contributed by atoms with van der Waals surface area (Å²) < 4.78 is 16.1. The van der Waals surface area contributed by atoms with E-state index in [2.05, 4.69) is 91.9 Å². The zero-order valence-electron chi connectivity index (χ0n) is 34.7. The number of nitrogens with zero attached hydrogens (tertiary/aromatic N) is 4. The molecule has 2 bridgehead atoms. The minimum Gasteiger partial charge on any atom is -0.481 e. The molecule has 7 rings (SSSR count). The maximum atomic E-state index is 13.6. The Morgan fingerprint density at radius 3 is 2.48 bits per heavy atom. The van der Waals surface area contributed by atoms with Crippen LogP contribution in [0.4, 0.5) is 0 Å². The topological polar surface area (TPSA) is 125 Å². The number of fused-ring (bicyclic) bond motifs is 3. The molecule has 2 aromatic rings. The van der Waals surface area contributed by atoms with Crippen molar-refractivity contribution in [2.24, 2.45) is 67.8 Å². The second kappa shape index (κ2) is 13.1. The highest BCUT2D eigenvalue weighted by Gasteiger charge is 2.72. The molecule has 3 N–H and O–H groups in total. The van der Waals surface area contributed by atoms with Crippen molar-refractivity contribution in [3.8, 4) is 11.4 Å². The van der Waals surface area contributed by atoms with Gasteiger partial charge in [0.1, 0.15) is 6.33 Å². The van der Waals surface area contributed by atoms with Gasteiger partial charge in [0.05, 0.1) is 42.9 Å². The molecule has 12 atom stereocenters. The number of carbonyl (C=O) groups is 1. The van der Waals surface area contributed by atoms with Crippen LogP contribution in [0.2, 0.25) is 5.02 Å². The average Bonchev–Trinajstić information content (AvgIpc) is 3.56. The van der Waals surface area contributed by atoms with E-state index in [-0.39, 0.29) is 50.6 Å². The van der Waals surface area contributed by atoms with E-state index in [1.807, 2.05) is 6.07 Å². The summed E-state index contributed by atoms with van der Waals surface area (Å²) in [5.41, 5.74) is 7.05. The second-order valence-corrected chi connectivity index (χ2v) is 21.3. The first-order valence-electron chi connectivity index (χ1n) is 20.5. The number of aliphatic carboxylic acids is 1. The Balaban J connectivity index is 1.36. The standard InChI is InChI=1S/C44H66ClN5O4/c1-26(2)27(3)39(7)17-18-41(9)29-12-13-33-40(8)22-53-24-44(33,30(29)14-16-42(41,10)34(39)37(51)52)20-32(35(40)54-23-43(11,46)38(4,5)6)50-36(48-25-49-50)28-15-19-47-21-31(28)45/h14-15,19,21,25-27,29,32-35H,12-13,16-18,20,22-24,46H2,1-11H3,(H,51,52)/t27-,29+,32-,33+,34-,35+,39-,40+,41-,42+,43+,44?/m1/s1. The monoisotopic (exact) mass is 763 g/mol. The maximum absolute atomic E-state index is 13.6. The molecule has 1 aliphatic heterocycles. The second-order valence-electron chi connectivity index (χ2n) is 20.9. The first kappa shape index (κ1) is 39.9. The van der Waals surface area contributed by atoms with Crippen LogP contribution in [0.25, 0.3) is 11.4 Å². The summed E-state index contributed by atoms with van der Waals surface area (Å²) in [5.74, 6) is 0.904. The number of carboxylic acids is 1.